The van der Waals surface area contributed by atoms with Gasteiger partial charge in [0.1, 0.15) is 5.75 Å². The Balaban J connectivity index is 1.60. The van der Waals surface area contributed by atoms with Gasteiger partial charge in [0.25, 0.3) is 0 Å². The van der Waals surface area contributed by atoms with E-state index < -0.39 is 5.97 Å². The van der Waals surface area contributed by atoms with Crippen molar-refractivity contribution in [2.75, 3.05) is 13.2 Å². The fourth-order valence-corrected chi connectivity index (χ4v) is 2.99. The molecule has 22 heavy (non-hydrogen) atoms. The molecule has 2 rings (SSSR count). The van der Waals surface area contributed by atoms with Crippen molar-refractivity contribution >= 4 is 5.97 Å². The Kier molecular flexibility index (Phi) is 6.25. The molecule has 1 aromatic carbocycles. The zero-order chi connectivity index (χ0) is 15.9. The molecule has 0 atom stereocenters. The Morgan fingerprint density at radius 1 is 1.27 bits per heavy atom. The zero-order valence-corrected chi connectivity index (χ0v) is 13.6. The molecule has 0 bridgehead atoms. The van der Waals surface area contributed by atoms with E-state index in [4.69, 9.17) is 9.84 Å². The molecule has 1 aliphatic carbocycles. The number of nitrogens with one attached hydrogen (secondary N) is 1. The number of aryl methyl sites for hydroxylation is 1. The number of hydrogen-bond acceptors (Lipinski definition) is 3. The molecule has 122 valence electrons. The molecule has 2 N–H and O–H groups in total. The highest BCUT2D eigenvalue weighted by Gasteiger charge is 2.25. The SMILES string of the molecule is Cc1cccc(OCCCNC2CCC(C(=O)O)CC2)c1C. The highest BCUT2D eigenvalue weighted by Crippen LogP contribution is 2.24. The third kappa shape index (κ3) is 4.73. The van der Waals surface area contributed by atoms with Crippen LogP contribution in [0.2, 0.25) is 0 Å². The summed E-state index contributed by atoms with van der Waals surface area (Å²) in [5, 5.41) is 12.5. The normalized spacial score (nSPS) is 21.5. The van der Waals surface area contributed by atoms with E-state index in [1.807, 2.05) is 12.1 Å². The monoisotopic (exact) mass is 305 g/mol. The topological polar surface area (TPSA) is 58.6 Å². The first kappa shape index (κ1) is 16.8. The fraction of sp³-hybridized carbons (Fsp3) is 0.611. The van der Waals surface area contributed by atoms with E-state index in [0.717, 1.165) is 44.4 Å². The molecule has 1 aliphatic rings. The van der Waals surface area contributed by atoms with Crippen LogP contribution < -0.4 is 10.1 Å². The van der Waals surface area contributed by atoms with E-state index >= 15 is 0 Å². The number of hydrogen-bond donors (Lipinski definition) is 2. The number of benzene rings is 1. The van der Waals surface area contributed by atoms with Crippen LogP contribution in [0, 0.1) is 19.8 Å². The first-order valence-electron chi connectivity index (χ1n) is 8.23. The molecular weight excluding hydrogens is 278 g/mol. The van der Waals surface area contributed by atoms with Crippen molar-refractivity contribution in [2.24, 2.45) is 5.92 Å². The Morgan fingerprint density at radius 2 is 2.00 bits per heavy atom. The zero-order valence-electron chi connectivity index (χ0n) is 13.6. The van der Waals surface area contributed by atoms with Crippen molar-refractivity contribution in [3.8, 4) is 5.75 Å². The van der Waals surface area contributed by atoms with Gasteiger partial charge in [-0.2, -0.15) is 0 Å². The van der Waals surface area contributed by atoms with Crippen LogP contribution >= 0.6 is 0 Å². The predicted octanol–water partition coefficient (Wildman–Crippen LogP) is 3.31. The van der Waals surface area contributed by atoms with Gasteiger partial charge >= 0.3 is 5.97 Å². The number of carboxylic acids is 1. The highest BCUT2D eigenvalue weighted by molar-refractivity contribution is 5.70. The van der Waals surface area contributed by atoms with Gasteiger partial charge in [0.05, 0.1) is 12.5 Å². The summed E-state index contributed by atoms with van der Waals surface area (Å²) < 4.78 is 5.84. The van der Waals surface area contributed by atoms with E-state index in [1.165, 1.54) is 11.1 Å². The minimum atomic E-state index is -0.639. The molecule has 0 aromatic heterocycles. The van der Waals surface area contributed by atoms with Gasteiger partial charge in [0, 0.05) is 6.04 Å². The lowest BCUT2D eigenvalue weighted by Crippen LogP contribution is -2.35. The van der Waals surface area contributed by atoms with Crippen LogP contribution in [0.5, 0.6) is 5.75 Å². The fourth-order valence-electron chi connectivity index (χ4n) is 2.99. The van der Waals surface area contributed by atoms with Crippen molar-refractivity contribution in [3.63, 3.8) is 0 Å². The summed E-state index contributed by atoms with van der Waals surface area (Å²) in [5.41, 5.74) is 2.47. The van der Waals surface area contributed by atoms with Gasteiger partial charge in [-0.1, -0.05) is 12.1 Å². The molecule has 0 spiro atoms. The molecule has 0 saturated heterocycles. The lowest BCUT2D eigenvalue weighted by molar-refractivity contribution is -0.142. The van der Waals surface area contributed by atoms with E-state index in [0.29, 0.717) is 12.6 Å². The summed E-state index contributed by atoms with van der Waals surface area (Å²) in [6.45, 7) is 5.82. The van der Waals surface area contributed by atoms with Gasteiger partial charge in [-0.3, -0.25) is 4.79 Å². The first-order chi connectivity index (χ1) is 10.6. The quantitative estimate of drug-likeness (QED) is 0.759. The molecule has 4 nitrogen and oxygen atoms in total. The van der Waals surface area contributed by atoms with E-state index in [2.05, 4.69) is 25.2 Å². The molecule has 1 aromatic rings. The lowest BCUT2D eigenvalue weighted by atomic mass is 9.86. The molecule has 0 aliphatic heterocycles. The van der Waals surface area contributed by atoms with Crippen molar-refractivity contribution in [2.45, 2.75) is 52.0 Å². The maximum Gasteiger partial charge on any atom is 0.306 e. The van der Waals surface area contributed by atoms with Crippen LogP contribution in [0.4, 0.5) is 0 Å². The maximum absolute atomic E-state index is 10.9. The van der Waals surface area contributed by atoms with Crippen LogP contribution in [-0.2, 0) is 4.79 Å². The Labute approximate surface area is 132 Å². The van der Waals surface area contributed by atoms with Crippen molar-refractivity contribution in [3.05, 3.63) is 29.3 Å². The largest absolute Gasteiger partial charge is 0.493 e. The molecule has 0 radical (unpaired) electrons. The highest BCUT2D eigenvalue weighted by atomic mass is 16.5. The summed E-state index contributed by atoms with van der Waals surface area (Å²) >= 11 is 0. The molecule has 0 heterocycles. The van der Waals surface area contributed by atoms with Crippen LogP contribution in [-0.4, -0.2) is 30.3 Å². The van der Waals surface area contributed by atoms with Gasteiger partial charge in [-0.05, 0) is 69.7 Å². The van der Waals surface area contributed by atoms with Gasteiger partial charge in [-0.25, -0.2) is 0 Å². The molecule has 1 saturated carbocycles. The number of carboxylic acid groups (broad SMARTS) is 1. The minimum Gasteiger partial charge on any atom is -0.493 e. The third-order valence-corrected chi connectivity index (χ3v) is 4.64. The van der Waals surface area contributed by atoms with Crippen LogP contribution in [0.1, 0.15) is 43.2 Å². The summed E-state index contributed by atoms with van der Waals surface area (Å²) in [5.74, 6) is 0.202. The Bertz CT molecular complexity index is 493. The molecule has 0 unspecified atom stereocenters. The van der Waals surface area contributed by atoms with E-state index in [1.54, 1.807) is 0 Å². The van der Waals surface area contributed by atoms with Gasteiger partial charge < -0.3 is 15.2 Å². The molecule has 0 amide bonds. The standard InChI is InChI=1S/C18H27NO3/c1-13-5-3-6-17(14(13)2)22-12-4-11-19-16-9-7-15(8-10-16)18(20)21/h3,5-6,15-16,19H,4,7-12H2,1-2H3,(H,20,21). The van der Waals surface area contributed by atoms with Crippen LogP contribution in [0.3, 0.4) is 0 Å². The second-order valence-corrected chi connectivity index (χ2v) is 6.24. The van der Waals surface area contributed by atoms with Crippen LogP contribution in [0.15, 0.2) is 18.2 Å². The second-order valence-electron chi connectivity index (χ2n) is 6.24. The summed E-state index contributed by atoms with van der Waals surface area (Å²) in [4.78, 5) is 10.9. The van der Waals surface area contributed by atoms with Gasteiger partial charge in [0.2, 0.25) is 0 Å². The first-order valence-corrected chi connectivity index (χ1v) is 8.23. The van der Waals surface area contributed by atoms with Crippen molar-refractivity contribution in [1.29, 1.82) is 0 Å². The van der Waals surface area contributed by atoms with Gasteiger partial charge in [0.15, 0.2) is 0 Å². The molecule has 1 fully saturated rings. The van der Waals surface area contributed by atoms with E-state index in [-0.39, 0.29) is 5.92 Å². The Hall–Kier alpha value is -1.55. The number of rotatable bonds is 7. The predicted molar refractivity (Wildman–Crippen MR) is 87.4 cm³/mol. The number of ether oxygens (including phenoxy) is 1. The minimum absolute atomic E-state index is 0.134. The Morgan fingerprint density at radius 3 is 2.68 bits per heavy atom. The van der Waals surface area contributed by atoms with Crippen molar-refractivity contribution in [1.82, 2.24) is 5.32 Å². The smallest absolute Gasteiger partial charge is 0.306 e. The average Bonchev–Trinajstić information content (AvgIpc) is 2.51. The maximum atomic E-state index is 10.9. The van der Waals surface area contributed by atoms with Gasteiger partial charge in [-0.15, -0.1) is 0 Å². The summed E-state index contributed by atoms with van der Waals surface area (Å²) in [7, 11) is 0. The second kappa shape index (κ2) is 8.18. The van der Waals surface area contributed by atoms with Crippen molar-refractivity contribution < 1.29 is 14.6 Å². The summed E-state index contributed by atoms with van der Waals surface area (Å²) in [6, 6.07) is 6.60. The summed E-state index contributed by atoms with van der Waals surface area (Å²) in [6.07, 6.45) is 4.49. The van der Waals surface area contributed by atoms with Crippen LogP contribution in [0.25, 0.3) is 0 Å². The third-order valence-electron chi connectivity index (χ3n) is 4.64. The lowest BCUT2D eigenvalue weighted by Gasteiger charge is -2.26. The number of carbonyl (C=O) groups is 1. The molecular formula is C18H27NO3. The molecule has 4 heteroatoms. The average molecular weight is 305 g/mol. The number of aliphatic carboxylic acids is 1. The van der Waals surface area contributed by atoms with E-state index in [9.17, 15) is 4.79 Å².